The van der Waals surface area contributed by atoms with Crippen LogP contribution in [0.5, 0.6) is 0 Å². The molecule has 15 atom stereocenters. The minimum atomic E-state index is -1.81. The van der Waals surface area contributed by atoms with E-state index in [-0.39, 0.29) is 144 Å². The molecule has 37 heteroatoms. The minimum Gasteiger partial charge on any atom is -0.394 e. The highest BCUT2D eigenvalue weighted by atomic mass is 16.7. The smallest absolute Gasteiger partial charge is 0.246 e. The zero-order valence-electron chi connectivity index (χ0n) is 55.3. The molecule has 16 N–H and O–H groups in total. The van der Waals surface area contributed by atoms with E-state index in [4.69, 9.17) is 61.6 Å². The molecule has 4 rings (SSSR count). The second-order valence-corrected chi connectivity index (χ2v) is 23.1. The van der Waals surface area contributed by atoms with Gasteiger partial charge in [0.2, 0.25) is 41.4 Å². The van der Waals surface area contributed by atoms with Crippen molar-refractivity contribution in [2.75, 3.05) is 172 Å². The van der Waals surface area contributed by atoms with Gasteiger partial charge in [-0.2, -0.15) is 0 Å². The van der Waals surface area contributed by atoms with Crippen LogP contribution in [0, 0.1) is 5.92 Å². The Labute approximate surface area is 557 Å². The average Bonchev–Trinajstić information content (AvgIpc) is 0.816. The molecule has 96 heavy (non-hydrogen) atoms. The fourth-order valence-corrected chi connectivity index (χ4v) is 10.8. The van der Waals surface area contributed by atoms with Crippen LogP contribution in [0.4, 0.5) is 0 Å². The van der Waals surface area contributed by atoms with Gasteiger partial charge in [0.05, 0.1) is 138 Å². The Morgan fingerprint density at radius 3 is 1.48 bits per heavy atom. The van der Waals surface area contributed by atoms with E-state index in [1.807, 2.05) is 6.92 Å². The molecule has 0 bridgehead atoms. The van der Waals surface area contributed by atoms with Crippen molar-refractivity contribution in [3.05, 3.63) is 0 Å². The van der Waals surface area contributed by atoms with Crippen LogP contribution in [0.2, 0.25) is 0 Å². The first kappa shape index (κ1) is 83.8. The summed E-state index contributed by atoms with van der Waals surface area (Å²) in [6, 6.07) is -3.25. The zero-order chi connectivity index (χ0) is 70.4. The largest absolute Gasteiger partial charge is 0.394 e. The minimum absolute atomic E-state index is 0.0136. The summed E-state index contributed by atoms with van der Waals surface area (Å²) in [7, 11) is 1.58. The van der Waals surface area contributed by atoms with Crippen molar-refractivity contribution < 1.29 is 141 Å². The predicted octanol–water partition coefficient (Wildman–Crippen LogP) is -8.91. The Hall–Kier alpha value is -4.63. The molecule has 0 radical (unpaired) electrons. The number of methoxy groups -OCH3 is 1. The van der Waals surface area contributed by atoms with E-state index in [9.17, 15) is 79.5 Å². The van der Waals surface area contributed by atoms with E-state index < -0.39 is 172 Å². The van der Waals surface area contributed by atoms with Gasteiger partial charge in [0.15, 0.2) is 18.3 Å². The molecule has 4 aliphatic rings. The van der Waals surface area contributed by atoms with E-state index >= 15 is 0 Å². The molecule has 3 heterocycles. The molecule has 0 aromatic heterocycles. The number of hydrogen-bond donors (Lipinski definition) is 16. The Kier molecular flexibility index (Phi) is 40.7. The number of nitrogens with one attached hydrogen (secondary N) is 7. The lowest BCUT2D eigenvalue weighted by Gasteiger charge is -2.45. The van der Waals surface area contributed by atoms with Crippen LogP contribution < -0.4 is 37.2 Å². The van der Waals surface area contributed by atoms with Gasteiger partial charge in [-0.25, -0.2) is 0 Å². The van der Waals surface area contributed by atoms with E-state index in [0.29, 0.717) is 32.2 Å². The quantitative estimate of drug-likeness (QED) is 0.0199. The molecule has 4 fully saturated rings. The summed E-state index contributed by atoms with van der Waals surface area (Å²) in [5, 5.41) is 110. The molecule has 15 unspecified atom stereocenters. The molecular weight excluding hydrogens is 1280 g/mol. The summed E-state index contributed by atoms with van der Waals surface area (Å²) in [5.74, 6) is -4.73. The van der Waals surface area contributed by atoms with Crippen LogP contribution in [0.15, 0.2) is 0 Å². The van der Waals surface area contributed by atoms with Crippen molar-refractivity contribution in [3.8, 4) is 0 Å². The van der Waals surface area contributed by atoms with Gasteiger partial charge in [-0.1, -0.05) is 6.92 Å². The van der Waals surface area contributed by atoms with Crippen LogP contribution in [0.1, 0.15) is 59.3 Å². The van der Waals surface area contributed by atoms with Crippen LogP contribution in [0.3, 0.4) is 0 Å². The monoisotopic (exact) mass is 1390 g/mol. The molecule has 0 spiro atoms. The highest BCUT2D eigenvalue weighted by molar-refractivity contribution is 5.94. The lowest BCUT2D eigenvalue weighted by Crippen LogP contribution is -2.70. The van der Waals surface area contributed by atoms with Gasteiger partial charge in [-0.3, -0.25) is 33.6 Å². The standard InChI is InChI=1S/C59H106N8O29/c1-5-60-47-52(79)49(76)42(33-69)95-57(47)91-27-24-88-22-19-86-16-13-62-45(74)30-67(31-46(75)63-14-17-87-20-23-90-26-29-94-59(66-37(3)72)35-93-41(32-68)51(78)54(59)81)56(83)40(65-55(82)38-6-8-39(84-4)9-7-38)10-11-44(73)61-12-15-85-18-21-89-25-28-92-58-48(64-36(2)71)53(80)50(77)43(34-70)96-58/h38-43,47-54,57-58,60,68-70,76-81H,5-35H2,1-4H3,(H,61,73)(H,62,74)(H,63,75)(H,64,71)(H,65,82)(H,66,72). The van der Waals surface area contributed by atoms with Gasteiger partial charge in [0, 0.05) is 52.9 Å². The Morgan fingerprint density at radius 1 is 0.552 bits per heavy atom. The number of hydrogen-bond acceptors (Lipinski definition) is 30. The zero-order valence-corrected chi connectivity index (χ0v) is 55.3. The number of carbonyl (C=O) groups excluding carboxylic acids is 7. The number of rotatable bonds is 48. The molecule has 0 aromatic carbocycles. The molecule has 0 aromatic rings. The number of carbonyl (C=O) groups is 7. The van der Waals surface area contributed by atoms with Crippen LogP contribution in [-0.2, 0) is 95.1 Å². The molecule has 7 amide bonds. The SMILES string of the molecule is CCNC1C(OCCOCCOCCNC(=O)CN(CC(=O)NCCOCCOCCOC2(NC(C)=O)COC(CO)C(O)C2O)C(=O)C(CCC(=O)NCCOCCOCCOC2OC(CO)C(O)C(O)C2NC(C)=O)NC(=O)C2CCC(OC)CC2)OC(CO)C(O)C1O. The average molecular weight is 1390 g/mol. The third-order valence-electron chi connectivity index (χ3n) is 15.9. The fraction of sp³-hybridized carbons (Fsp3) is 0.881. The number of aliphatic hydroxyl groups is 9. The van der Waals surface area contributed by atoms with E-state index in [0.717, 1.165) is 4.90 Å². The normalized spacial score (nSPS) is 28.6. The van der Waals surface area contributed by atoms with Gasteiger partial charge in [0.1, 0.15) is 80.1 Å². The summed E-state index contributed by atoms with van der Waals surface area (Å²) in [4.78, 5) is 93.4. The Balaban J connectivity index is 1.28. The molecule has 556 valence electrons. The van der Waals surface area contributed by atoms with Gasteiger partial charge >= 0.3 is 0 Å². The highest BCUT2D eigenvalue weighted by Gasteiger charge is 2.52. The number of amides is 7. The van der Waals surface area contributed by atoms with Crippen molar-refractivity contribution in [2.45, 2.75) is 157 Å². The maximum Gasteiger partial charge on any atom is 0.246 e. The molecular formula is C59H106N8O29. The fourth-order valence-electron chi connectivity index (χ4n) is 10.8. The molecule has 1 saturated carbocycles. The summed E-state index contributed by atoms with van der Waals surface area (Å²) in [6.07, 6.45) is -12.6. The summed E-state index contributed by atoms with van der Waals surface area (Å²) in [5.41, 5.74) is -1.81. The highest BCUT2D eigenvalue weighted by Crippen LogP contribution is 2.28. The van der Waals surface area contributed by atoms with Crippen molar-refractivity contribution in [3.63, 3.8) is 0 Å². The van der Waals surface area contributed by atoms with Crippen LogP contribution >= 0.6 is 0 Å². The van der Waals surface area contributed by atoms with Crippen molar-refractivity contribution in [1.29, 1.82) is 0 Å². The maximum absolute atomic E-state index is 14.6. The number of ether oxygens (including phenoxy) is 13. The van der Waals surface area contributed by atoms with Gasteiger partial charge in [-0.05, 0) is 38.6 Å². The third kappa shape index (κ3) is 29.3. The van der Waals surface area contributed by atoms with E-state index in [1.165, 1.54) is 13.8 Å². The van der Waals surface area contributed by atoms with Crippen molar-refractivity contribution in [2.24, 2.45) is 5.92 Å². The third-order valence-corrected chi connectivity index (χ3v) is 15.9. The summed E-state index contributed by atoms with van der Waals surface area (Å²) in [6.45, 7) is 1.78. The second kappa shape index (κ2) is 46.7. The first-order chi connectivity index (χ1) is 46.1. The molecule has 3 aliphatic heterocycles. The van der Waals surface area contributed by atoms with Crippen LogP contribution in [0.25, 0.3) is 0 Å². The predicted molar refractivity (Wildman–Crippen MR) is 328 cm³/mol. The Bertz CT molecular complexity index is 2250. The van der Waals surface area contributed by atoms with Gasteiger partial charge < -0.3 is 150 Å². The molecule has 3 saturated heterocycles. The first-order valence-corrected chi connectivity index (χ1v) is 32.5. The lowest BCUT2D eigenvalue weighted by molar-refractivity contribution is -0.272. The van der Waals surface area contributed by atoms with Crippen LogP contribution in [-0.4, -0.2) is 362 Å². The molecule has 1 aliphatic carbocycles. The van der Waals surface area contributed by atoms with Gasteiger partial charge in [-0.15, -0.1) is 0 Å². The Morgan fingerprint density at radius 2 is 1.01 bits per heavy atom. The van der Waals surface area contributed by atoms with E-state index in [2.05, 4.69) is 37.2 Å². The molecule has 37 nitrogen and oxygen atoms in total. The topological polar surface area (TPSA) is 509 Å². The first-order valence-electron chi connectivity index (χ1n) is 32.5. The van der Waals surface area contributed by atoms with Crippen molar-refractivity contribution in [1.82, 2.24) is 42.1 Å². The number of aliphatic hydroxyl groups excluding tert-OH is 9. The summed E-state index contributed by atoms with van der Waals surface area (Å²) >= 11 is 0. The number of nitrogens with zero attached hydrogens (tertiary/aromatic N) is 1. The van der Waals surface area contributed by atoms with Crippen molar-refractivity contribution >= 4 is 41.4 Å². The maximum atomic E-state index is 14.6. The number of likely N-dealkylation sites (N-methyl/N-ethyl adjacent to an activating group) is 1. The second-order valence-electron chi connectivity index (χ2n) is 23.1. The van der Waals surface area contributed by atoms with E-state index in [1.54, 1.807) is 7.11 Å². The lowest BCUT2D eigenvalue weighted by atomic mass is 9.86. The summed E-state index contributed by atoms with van der Waals surface area (Å²) < 4.78 is 72.5. The van der Waals surface area contributed by atoms with Gasteiger partial charge in [0.25, 0.3) is 0 Å².